The lowest BCUT2D eigenvalue weighted by Gasteiger charge is -2.24. The van der Waals surface area contributed by atoms with E-state index >= 15 is 0 Å². The summed E-state index contributed by atoms with van der Waals surface area (Å²) in [5.74, 6) is 1.22. The lowest BCUT2D eigenvalue weighted by molar-refractivity contribution is 0.0934. The van der Waals surface area contributed by atoms with Gasteiger partial charge in [0.2, 0.25) is 0 Å². The second kappa shape index (κ2) is 6.13. The highest BCUT2D eigenvalue weighted by Gasteiger charge is 2.19. The van der Waals surface area contributed by atoms with Crippen LogP contribution in [0.5, 0.6) is 11.5 Å². The Hall–Kier alpha value is -1.75. The molecule has 0 saturated heterocycles. The van der Waals surface area contributed by atoms with E-state index in [1.165, 1.54) is 0 Å². The Morgan fingerprint density at radius 3 is 2.70 bits per heavy atom. The fourth-order valence-electron chi connectivity index (χ4n) is 2.09. The Kier molecular flexibility index (Phi) is 4.49. The van der Waals surface area contributed by atoms with Crippen molar-refractivity contribution in [2.75, 3.05) is 26.3 Å². The molecular formula is C15H22N2O3. The van der Waals surface area contributed by atoms with Gasteiger partial charge < -0.3 is 20.5 Å². The van der Waals surface area contributed by atoms with Gasteiger partial charge in [0.1, 0.15) is 13.2 Å². The molecule has 0 radical (unpaired) electrons. The van der Waals surface area contributed by atoms with E-state index in [0.717, 1.165) is 6.42 Å². The highest BCUT2D eigenvalue weighted by atomic mass is 16.6. The van der Waals surface area contributed by atoms with Crippen LogP contribution in [-0.4, -0.2) is 32.2 Å². The van der Waals surface area contributed by atoms with Crippen LogP contribution in [-0.2, 0) is 0 Å². The first kappa shape index (κ1) is 14.7. The molecule has 20 heavy (non-hydrogen) atoms. The second-order valence-electron chi connectivity index (χ2n) is 5.74. The molecule has 0 bridgehead atoms. The van der Waals surface area contributed by atoms with Gasteiger partial charge in [-0.15, -0.1) is 0 Å². The zero-order valence-corrected chi connectivity index (χ0v) is 12.1. The van der Waals surface area contributed by atoms with Gasteiger partial charge in [-0.05, 0) is 36.6 Å². The zero-order chi connectivity index (χ0) is 14.6. The van der Waals surface area contributed by atoms with Gasteiger partial charge >= 0.3 is 0 Å². The number of benzene rings is 1. The number of ether oxygens (including phenoxy) is 2. The highest BCUT2D eigenvalue weighted by molar-refractivity contribution is 5.94. The molecule has 3 N–H and O–H groups in total. The third kappa shape index (κ3) is 3.63. The second-order valence-corrected chi connectivity index (χ2v) is 5.74. The summed E-state index contributed by atoms with van der Waals surface area (Å²) in [5.41, 5.74) is 6.14. The third-order valence-electron chi connectivity index (χ3n) is 3.35. The molecule has 1 aliphatic rings. The standard InChI is InChI=1S/C15H22N2O3/c1-15(2,5-6-16)10-17-14(18)11-3-4-12-13(9-11)20-8-7-19-12/h3-4,9H,5-8,10,16H2,1-2H3,(H,17,18). The van der Waals surface area contributed by atoms with Gasteiger partial charge in [0.25, 0.3) is 5.91 Å². The van der Waals surface area contributed by atoms with E-state index in [1.807, 2.05) is 0 Å². The van der Waals surface area contributed by atoms with Crippen molar-refractivity contribution in [3.8, 4) is 11.5 Å². The molecule has 0 unspecified atom stereocenters. The maximum absolute atomic E-state index is 12.1. The minimum atomic E-state index is -0.105. The zero-order valence-electron chi connectivity index (χ0n) is 12.1. The minimum absolute atomic E-state index is 0.00176. The van der Waals surface area contributed by atoms with Crippen LogP contribution < -0.4 is 20.5 Å². The fraction of sp³-hybridized carbons (Fsp3) is 0.533. The summed E-state index contributed by atoms with van der Waals surface area (Å²) in [4.78, 5) is 12.1. The van der Waals surface area contributed by atoms with Crippen molar-refractivity contribution < 1.29 is 14.3 Å². The first-order valence-electron chi connectivity index (χ1n) is 6.90. The topological polar surface area (TPSA) is 73.6 Å². The highest BCUT2D eigenvalue weighted by Crippen LogP contribution is 2.30. The van der Waals surface area contributed by atoms with Gasteiger partial charge in [0.15, 0.2) is 11.5 Å². The maximum atomic E-state index is 12.1. The number of nitrogens with two attached hydrogens (primary N) is 1. The fourth-order valence-corrected chi connectivity index (χ4v) is 2.09. The SMILES string of the molecule is CC(C)(CCN)CNC(=O)c1ccc2c(c1)OCCO2. The summed E-state index contributed by atoms with van der Waals surface area (Å²) in [6.07, 6.45) is 0.869. The lowest BCUT2D eigenvalue weighted by Crippen LogP contribution is -2.35. The molecular weight excluding hydrogens is 256 g/mol. The molecule has 1 aliphatic heterocycles. The Labute approximate surface area is 119 Å². The molecule has 1 heterocycles. The Morgan fingerprint density at radius 2 is 2.00 bits per heavy atom. The van der Waals surface area contributed by atoms with Crippen molar-refractivity contribution in [3.63, 3.8) is 0 Å². The van der Waals surface area contributed by atoms with Crippen LogP contribution in [0.4, 0.5) is 0 Å². The van der Waals surface area contributed by atoms with Crippen molar-refractivity contribution in [2.45, 2.75) is 20.3 Å². The molecule has 1 aromatic rings. The number of hydrogen-bond donors (Lipinski definition) is 2. The maximum Gasteiger partial charge on any atom is 0.251 e. The minimum Gasteiger partial charge on any atom is -0.486 e. The number of nitrogens with one attached hydrogen (secondary N) is 1. The number of carbonyl (C=O) groups excluding carboxylic acids is 1. The van der Waals surface area contributed by atoms with Crippen molar-refractivity contribution in [1.82, 2.24) is 5.32 Å². The van der Waals surface area contributed by atoms with Gasteiger partial charge in [0, 0.05) is 12.1 Å². The van der Waals surface area contributed by atoms with Crippen molar-refractivity contribution in [1.29, 1.82) is 0 Å². The Bertz CT molecular complexity index is 486. The summed E-state index contributed by atoms with van der Waals surface area (Å²) < 4.78 is 10.9. The molecule has 2 rings (SSSR count). The number of fused-ring (bicyclic) bond motifs is 1. The normalized spacial score (nSPS) is 13.9. The monoisotopic (exact) mass is 278 g/mol. The molecule has 0 saturated carbocycles. The van der Waals surface area contributed by atoms with Gasteiger partial charge in [-0.25, -0.2) is 0 Å². The third-order valence-corrected chi connectivity index (χ3v) is 3.35. The summed E-state index contributed by atoms with van der Waals surface area (Å²) >= 11 is 0. The van der Waals surface area contributed by atoms with Crippen molar-refractivity contribution in [2.24, 2.45) is 11.1 Å². The number of rotatable bonds is 5. The van der Waals surface area contributed by atoms with Crippen LogP contribution in [0.1, 0.15) is 30.6 Å². The van der Waals surface area contributed by atoms with Gasteiger partial charge in [0.05, 0.1) is 0 Å². The molecule has 0 spiro atoms. The van der Waals surface area contributed by atoms with Gasteiger partial charge in [-0.1, -0.05) is 13.8 Å². The van der Waals surface area contributed by atoms with E-state index in [0.29, 0.717) is 43.4 Å². The largest absolute Gasteiger partial charge is 0.486 e. The van der Waals surface area contributed by atoms with Crippen molar-refractivity contribution >= 4 is 5.91 Å². The average molecular weight is 278 g/mol. The molecule has 0 aliphatic carbocycles. The van der Waals surface area contributed by atoms with Gasteiger partial charge in [-0.3, -0.25) is 4.79 Å². The Balaban J connectivity index is 1.99. The summed E-state index contributed by atoms with van der Waals surface area (Å²) in [7, 11) is 0. The molecule has 5 nitrogen and oxygen atoms in total. The molecule has 0 atom stereocenters. The number of hydrogen-bond acceptors (Lipinski definition) is 4. The van der Waals surface area contributed by atoms with E-state index in [2.05, 4.69) is 19.2 Å². The van der Waals surface area contributed by atoms with E-state index in [4.69, 9.17) is 15.2 Å². The molecule has 1 aromatic carbocycles. The summed E-state index contributed by atoms with van der Waals surface area (Å²) in [5, 5.41) is 2.94. The number of amides is 1. The summed E-state index contributed by atoms with van der Waals surface area (Å²) in [6, 6.07) is 5.24. The lowest BCUT2D eigenvalue weighted by atomic mass is 9.89. The smallest absolute Gasteiger partial charge is 0.251 e. The van der Waals surface area contributed by atoms with E-state index in [9.17, 15) is 4.79 Å². The van der Waals surface area contributed by atoms with E-state index in [-0.39, 0.29) is 11.3 Å². The quantitative estimate of drug-likeness (QED) is 0.857. The molecule has 0 aromatic heterocycles. The van der Waals surface area contributed by atoms with Crippen LogP contribution in [0.3, 0.4) is 0 Å². The van der Waals surface area contributed by atoms with Crippen LogP contribution in [0.25, 0.3) is 0 Å². The number of carbonyl (C=O) groups is 1. The van der Waals surface area contributed by atoms with E-state index in [1.54, 1.807) is 18.2 Å². The van der Waals surface area contributed by atoms with E-state index < -0.39 is 0 Å². The summed E-state index contributed by atoms with van der Waals surface area (Å²) in [6.45, 7) is 6.45. The molecule has 1 amide bonds. The first-order valence-corrected chi connectivity index (χ1v) is 6.90. The van der Waals surface area contributed by atoms with Crippen LogP contribution in [0.15, 0.2) is 18.2 Å². The predicted octanol–water partition coefficient (Wildman–Crippen LogP) is 1.56. The van der Waals surface area contributed by atoms with Crippen LogP contribution in [0.2, 0.25) is 0 Å². The molecule has 5 heteroatoms. The molecule has 0 fully saturated rings. The predicted molar refractivity (Wildman–Crippen MR) is 77.2 cm³/mol. The van der Waals surface area contributed by atoms with Crippen LogP contribution in [0, 0.1) is 5.41 Å². The van der Waals surface area contributed by atoms with Crippen molar-refractivity contribution in [3.05, 3.63) is 23.8 Å². The van der Waals surface area contributed by atoms with Crippen LogP contribution >= 0.6 is 0 Å². The molecule has 110 valence electrons. The first-order chi connectivity index (χ1) is 9.52. The average Bonchev–Trinajstić information content (AvgIpc) is 2.44. The Morgan fingerprint density at radius 1 is 1.30 bits per heavy atom. The van der Waals surface area contributed by atoms with Gasteiger partial charge in [-0.2, -0.15) is 0 Å².